The fourth-order valence-electron chi connectivity index (χ4n) is 0.379. The summed E-state index contributed by atoms with van der Waals surface area (Å²) in [5.41, 5.74) is 0. The van der Waals surface area contributed by atoms with Crippen molar-refractivity contribution in [3.63, 3.8) is 0 Å². The molecule has 4 heteroatoms. The van der Waals surface area contributed by atoms with Gasteiger partial charge in [-0.25, -0.2) is 0 Å². The minimum atomic E-state index is -0.600. The van der Waals surface area contributed by atoms with Gasteiger partial charge in [0.25, 0.3) is 0 Å². The van der Waals surface area contributed by atoms with Crippen LogP contribution in [0.3, 0.4) is 0 Å². The van der Waals surface area contributed by atoms with E-state index in [2.05, 4.69) is 4.74 Å². The molecule has 4 nitrogen and oxygen atoms in total. The van der Waals surface area contributed by atoms with Crippen LogP contribution in [0.25, 0.3) is 0 Å². The van der Waals surface area contributed by atoms with Gasteiger partial charge in [-0.15, -0.1) is 0 Å². The summed E-state index contributed by atoms with van der Waals surface area (Å²) in [4.78, 5) is 0. The fraction of sp³-hybridized carbons (Fsp3) is 1.00. The number of methoxy groups -OCH3 is 1. The quantitative estimate of drug-likeness (QED) is 0.474. The summed E-state index contributed by atoms with van der Waals surface area (Å²) in [5.74, 6) is 0. The molecule has 0 bridgehead atoms. The largest absolute Gasteiger partial charge is 0.394 e. The smallest absolute Gasteiger partial charge is 0.180 e. The third kappa shape index (κ3) is 4.35. The van der Waals surface area contributed by atoms with Gasteiger partial charge in [-0.1, -0.05) is 0 Å². The van der Waals surface area contributed by atoms with Gasteiger partial charge < -0.3 is 19.7 Å². The minimum Gasteiger partial charge on any atom is -0.394 e. The second-order valence-electron chi connectivity index (χ2n) is 1.44. The summed E-state index contributed by atoms with van der Waals surface area (Å²) >= 11 is 0. The lowest BCUT2D eigenvalue weighted by molar-refractivity contribution is -0.150. The maximum Gasteiger partial charge on any atom is 0.180 e. The molecule has 56 valence electrons. The second kappa shape index (κ2) is 5.97. The molecule has 0 aliphatic carbocycles. The topological polar surface area (TPSA) is 58.9 Å². The van der Waals surface area contributed by atoms with E-state index >= 15 is 0 Å². The summed E-state index contributed by atoms with van der Waals surface area (Å²) in [6.07, 6.45) is -0.600. The van der Waals surface area contributed by atoms with Crippen molar-refractivity contribution in [1.82, 2.24) is 0 Å². The Morgan fingerprint density at radius 2 is 2.11 bits per heavy atom. The summed E-state index contributed by atoms with van der Waals surface area (Å²) in [5, 5.41) is 16.7. The van der Waals surface area contributed by atoms with Crippen LogP contribution in [0.1, 0.15) is 0 Å². The van der Waals surface area contributed by atoms with Crippen molar-refractivity contribution >= 4 is 0 Å². The molecule has 0 saturated heterocycles. The lowest BCUT2D eigenvalue weighted by Crippen LogP contribution is -2.21. The average molecular weight is 136 g/mol. The Labute approximate surface area is 54.0 Å². The van der Waals surface area contributed by atoms with E-state index in [1.807, 2.05) is 0 Å². The zero-order valence-corrected chi connectivity index (χ0v) is 5.41. The van der Waals surface area contributed by atoms with Gasteiger partial charge in [0.15, 0.2) is 6.29 Å². The maximum absolute atomic E-state index is 8.42. The zero-order chi connectivity index (χ0) is 7.11. The molecule has 0 aromatic carbocycles. The van der Waals surface area contributed by atoms with Crippen LogP contribution in [0.15, 0.2) is 0 Å². The van der Waals surface area contributed by atoms with Gasteiger partial charge >= 0.3 is 0 Å². The molecule has 0 aliphatic rings. The van der Waals surface area contributed by atoms with E-state index in [1.54, 1.807) is 0 Å². The molecule has 0 radical (unpaired) electrons. The number of ether oxygens (including phenoxy) is 2. The third-order valence-electron chi connectivity index (χ3n) is 0.807. The first-order valence-corrected chi connectivity index (χ1v) is 2.71. The van der Waals surface area contributed by atoms with E-state index in [-0.39, 0.29) is 19.8 Å². The molecule has 0 aromatic heterocycles. The summed E-state index contributed by atoms with van der Waals surface area (Å²) in [6, 6.07) is 0. The van der Waals surface area contributed by atoms with Gasteiger partial charge in [0.05, 0.1) is 19.8 Å². The highest BCUT2D eigenvalue weighted by Gasteiger charge is 2.02. The van der Waals surface area contributed by atoms with Crippen molar-refractivity contribution in [3.05, 3.63) is 0 Å². The van der Waals surface area contributed by atoms with Crippen molar-refractivity contribution in [3.8, 4) is 0 Å². The summed E-state index contributed by atoms with van der Waals surface area (Å²) < 4.78 is 9.39. The molecular formula is C5H12O4. The lowest BCUT2D eigenvalue weighted by atomic mass is 10.6. The molecular weight excluding hydrogens is 124 g/mol. The molecule has 0 saturated carbocycles. The van der Waals surface area contributed by atoms with Crippen LogP contribution < -0.4 is 0 Å². The monoisotopic (exact) mass is 136 g/mol. The van der Waals surface area contributed by atoms with Crippen LogP contribution in [0, 0.1) is 0 Å². The van der Waals surface area contributed by atoms with Crippen molar-refractivity contribution in [2.24, 2.45) is 0 Å². The predicted molar refractivity (Wildman–Crippen MR) is 30.9 cm³/mol. The first-order chi connectivity index (χ1) is 4.35. The van der Waals surface area contributed by atoms with E-state index < -0.39 is 6.29 Å². The molecule has 0 rings (SSSR count). The van der Waals surface area contributed by atoms with E-state index in [9.17, 15) is 0 Å². The number of rotatable bonds is 5. The van der Waals surface area contributed by atoms with Crippen LogP contribution >= 0.6 is 0 Å². The summed E-state index contributed by atoms with van der Waals surface area (Å²) in [6.45, 7) is -0.0462. The maximum atomic E-state index is 8.42. The first-order valence-electron chi connectivity index (χ1n) is 2.71. The lowest BCUT2D eigenvalue weighted by Gasteiger charge is -2.11. The van der Waals surface area contributed by atoms with E-state index in [0.717, 1.165) is 0 Å². The number of hydrogen-bond acceptors (Lipinski definition) is 4. The van der Waals surface area contributed by atoms with Crippen LogP contribution in [-0.4, -0.2) is 43.4 Å². The average Bonchev–Trinajstić information content (AvgIpc) is 1.91. The van der Waals surface area contributed by atoms with Gasteiger partial charge in [0.2, 0.25) is 0 Å². The van der Waals surface area contributed by atoms with E-state index in [1.165, 1.54) is 7.11 Å². The Morgan fingerprint density at radius 1 is 1.44 bits per heavy atom. The Hall–Kier alpha value is -0.160. The molecule has 0 aliphatic heterocycles. The van der Waals surface area contributed by atoms with Crippen LogP contribution in [0.4, 0.5) is 0 Å². The highest BCUT2D eigenvalue weighted by atomic mass is 16.7. The van der Waals surface area contributed by atoms with Crippen molar-refractivity contribution in [1.29, 1.82) is 0 Å². The minimum absolute atomic E-state index is 0.0557. The van der Waals surface area contributed by atoms with E-state index in [4.69, 9.17) is 14.9 Å². The van der Waals surface area contributed by atoms with Gasteiger partial charge in [-0.3, -0.25) is 0 Å². The SMILES string of the molecule is CO[C@@H](CO)OCCO. The third-order valence-corrected chi connectivity index (χ3v) is 0.807. The first kappa shape index (κ1) is 8.84. The molecule has 0 spiro atoms. The molecule has 1 atom stereocenters. The normalized spacial score (nSPS) is 13.7. The molecule has 2 N–H and O–H groups in total. The number of hydrogen-bond donors (Lipinski definition) is 2. The second-order valence-corrected chi connectivity index (χ2v) is 1.44. The highest BCUT2D eigenvalue weighted by Crippen LogP contribution is 1.88. The molecule has 0 fully saturated rings. The van der Waals surface area contributed by atoms with Crippen molar-refractivity contribution in [2.45, 2.75) is 6.29 Å². The molecule has 9 heavy (non-hydrogen) atoms. The standard InChI is InChI=1S/C5H12O4/c1-8-5(4-7)9-3-2-6/h5-7H,2-4H2,1H3/t5-/m1/s1. The molecule has 0 unspecified atom stereocenters. The predicted octanol–water partition coefficient (Wildman–Crippen LogP) is -1.04. The van der Waals surface area contributed by atoms with Gasteiger partial charge in [-0.2, -0.15) is 0 Å². The number of aliphatic hydroxyl groups excluding tert-OH is 2. The summed E-state index contributed by atoms with van der Waals surface area (Å²) in [7, 11) is 1.43. The molecule has 0 heterocycles. The number of aliphatic hydroxyl groups is 2. The van der Waals surface area contributed by atoms with Gasteiger partial charge in [-0.05, 0) is 0 Å². The Morgan fingerprint density at radius 3 is 2.44 bits per heavy atom. The van der Waals surface area contributed by atoms with Gasteiger partial charge in [0, 0.05) is 7.11 Å². The Balaban J connectivity index is 3.09. The van der Waals surface area contributed by atoms with Gasteiger partial charge in [0.1, 0.15) is 0 Å². The van der Waals surface area contributed by atoms with E-state index in [0.29, 0.717) is 0 Å². The van der Waals surface area contributed by atoms with Crippen LogP contribution in [0.5, 0.6) is 0 Å². The van der Waals surface area contributed by atoms with Crippen molar-refractivity contribution < 1.29 is 19.7 Å². The molecule has 0 aromatic rings. The van der Waals surface area contributed by atoms with Crippen LogP contribution in [0.2, 0.25) is 0 Å². The molecule has 0 amide bonds. The Bertz CT molecular complexity index is 52.9. The Kier molecular flexibility index (Phi) is 5.86. The zero-order valence-electron chi connectivity index (χ0n) is 5.41. The fourth-order valence-corrected chi connectivity index (χ4v) is 0.379. The van der Waals surface area contributed by atoms with Crippen LogP contribution in [-0.2, 0) is 9.47 Å². The highest BCUT2D eigenvalue weighted by molar-refractivity contribution is 4.36. The van der Waals surface area contributed by atoms with Crippen molar-refractivity contribution in [2.75, 3.05) is 26.9 Å².